The number of hydrogen-bond acceptors (Lipinski definition) is 4. The Labute approximate surface area is 161 Å². The van der Waals surface area contributed by atoms with E-state index in [1.807, 2.05) is 0 Å². The van der Waals surface area contributed by atoms with Crippen molar-refractivity contribution in [3.8, 4) is 0 Å². The Kier molecular flexibility index (Phi) is 7.62. The van der Waals surface area contributed by atoms with Crippen LogP contribution in [-0.4, -0.2) is 37.2 Å². The van der Waals surface area contributed by atoms with Gasteiger partial charge in [-0.1, -0.05) is 29.3 Å². The number of carbonyl (C=O) groups is 1. The van der Waals surface area contributed by atoms with Crippen LogP contribution in [0.25, 0.3) is 0 Å². The van der Waals surface area contributed by atoms with E-state index in [2.05, 4.69) is 4.98 Å². The maximum atomic E-state index is 11.3. The molecule has 1 heterocycles. The lowest BCUT2D eigenvalue weighted by atomic mass is 9.95. The van der Waals surface area contributed by atoms with Gasteiger partial charge in [-0.2, -0.15) is 11.8 Å². The van der Waals surface area contributed by atoms with Gasteiger partial charge in [-0.05, 0) is 30.7 Å². The summed E-state index contributed by atoms with van der Waals surface area (Å²) in [6.45, 7) is 0.316. The number of aliphatic carboxylic acids is 1. The monoisotopic (exact) mass is 402 g/mol. The lowest BCUT2D eigenvalue weighted by Gasteiger charge is -2.30. The van der Waals surface area contributed by atoms with Crippen molar-refractivity contribution in [1.82, 2.24) is 9.55 Å². The van der Waals surface area contributed by atoms with Gasteiger partial charge in [0.15, 0.2) is 0 Å². The van der Waals surface area contributed by atoms with Crippen LogP contribution in [0.4, 0.5) is 0 Å². The number of carboxylic acids is 1. The molecule has 0 saturated heterocycles. The van der Waals surface area contributed by atoms with Crippen LogP contribution < -0.4 is 0 Å². The van der Waals surface area contributed by atoms with E-state index in [1.165, 1.54) is 0 Å². The third-order valence-corrected chi connectivity index (χ3v) is 5.51. The third-order valence-electron chi connectivity index (χ3n) is 3.71. The van der Waals surface area contributed by atoms with E-state index in [9.17, 15) is 9.90 Å². The first kappa shape index (κ1) is 20.1. The number of unbranched alkanes of at least 4 members (excludes halogenated alkanes) is 1. The zero-order valence-corrected chi connectivity index (χ0v) is 15.9. The summed E-state index contributed by atoms with van der Waals surface area (Å²) in [5.74, 6) is 0.416. The minimum Gasteiger partial charge on any atom is -0.481 e. The van der Waals surface area contributed by atoms with E-state index in [-0.39, 0.29) is 6.42 Å². The summed E-state index contributed by atoms with van der Waals surface area (Å²) in [4.78, 5) is 14.5. The normalized spacial score (nSPS) is 13.6. The highest BCUT2D eigenvalue weighted by Gasteiger charge is 2.32. The first-order valence-corrected chi connectivity index (χ1v) is 9.75. The summed E-state index contributed by atoms with van der Waals surface area (Å²) in [6, 6.07) is 5.07. The molecule has 2 N–H and O–H groups in total. The Bertz CT molecular complexity index is 697. The molecule has 0 saturated carbocycles. The number of carboxylic acid groups (broad SMARTS) is 1. The van der Waals surface area contributed by atoms with Gasteiger partial charge in [0.05, 0.1) is 12.9 Å². The van der Waals surface area contributed by atoms with Crippen molar-refractivity contribution in [3.05, 3.63) is 52.5 Å². The van der Waals surface area contributed by atoms with Crippen LogP contribution in [0.2, 0.25) is 10.0 Å². The van der Waals surface area contributed by atoms with E-state index < -0.39 is 11.6 Å². The molecule has 0 spiro atoms. The van der Waals surface area contributed by atoms with Gasteiger partial charge >= 0.3 is 5.97 Å². The topological polar surface area (TPSA) is 75.3 Å². The molecular formula is C17H20Cl2N2O3S. The van der Waals surface area contributed by atoms with Crippen LogP contribution in [0.3, 0.4) is 0 Å². The first-order chi connectivity index (χ1) is 11.9. The quantitative estimate of drug-likeness (QED) is 0.585. The van der Waals surface area contributed by atoms with E-state index in [0.29, 0.717) is 34.3 Å². The van der Waals surface area contributed by atoms with E-state index >= 15 is 0 Å². The van der Waals surface area contributed by atoms with Crippen molar-refractivity contribution in [2.24, 2.45) is 0 Å². The van der Waals surface area contributed by atoms with Crippen molar-refractivity contribution < 1.29 is 15.0 Å². The zero-order valence-electron chi connectivity index (χ0n) is 13.6. The molecule has 0 aliphatic heterocycles. The lowest BCUT2D eigenvalue weighted by molar-refractivity contribution is -0.137. The SMILES string of the molecule is O=C(O)CCCCSCC(O)(Cn1ccnc1)c1ccc(Cl)cc1Cl. The average Bonchev–Trinajstić information content (AvgIpc) is 3.03. The van der Waals surface area contributed by atoms with Crippen molar-refractivity contribution >= 4 is 40.9 Å². The second-order valence-corrected chi connectivity index (χ2v) is 7.74. The van der Waals surface area contributed by atoms with Crippen LogP contribution in [0.15, 0.2) is 36.9 Å². The van der Waals surface area contributed by atoms with Gasteiger partial charge in [0.25, 0.3) is 0 Å². The van der Waals surface area contributed by atoms with Crippen LogP contribution in [0, 0.1) is 0 Å². The van der Waals surface area contributed by atoms with Crippen molar-refractivity contribution in [2.75, 3.05) is 11.5 Å². The maximum absolute atomic E-state index is 11.3. The molecular weight excluding hydrogens is 383 g/mol. The standard InChI is InChI=1S/C17H20Cl2N2O3S/c18-13-4-5-14(15(19)9-13)17(24,10-21-7-6-20-12-21)11-25-8-2-1-3-16(22)23/h4-7,9,12,24H,1-3,8,10-11H2,(H,22,23). The molecule has 25 heavy (non-hydrogen) atoms. The maximum Gasteiger partial charge on any atom is 0.303 e. The van der Waals surface area contributed by atoms with E-state index in [4.69, 9.17) is 28.3 Å². The first-order valence-electron chi connectivity index (χ1n) is 7.84. The highest BCUT2D eigenvalue weighted by Crippen LogP contribution is 2.34. The molecule has 2 rings (SSSR count). The Balaban J connectivity index is 2.05. The van der Waals surface area contributed by atoms with Gasteiger partial charge in [0.1, 0.15) is 5.60 Å². The number of aliphatic hydroxyl groups is 1. The zero-order chi connectivity index (χ0) is 18.3. The van der Waals surface area contributed by atoms with Crippen LogP contribution in [-0.2, 0) is 16.9 Å². The van der Waals surface area contributed by atoms with Crippen molar-refractivity contribution in [2.45, 2.75) is 31.4 Å². The number of benzene rings is 1. The fourth-order valence-electron chi connectivity index (χ4n) is 2.48. The highest BCUT2D eigenvalue weighted by atomic mass is 35.5. The number of aromatic nitrogens is 2. The Morgan fingerprint density at radius 3 is 2.76 bits per heavy atom. The van der Waals surface area contributed by atoms with Crippen LogP contribution in [0.5, 0.6) is 0 Å². The molecule has 2 aromatic rings. The Hall–Kier alpha value is -1.21. The number of halogens is 2. The predicted molar refractivity (Wildman–Crippen MR) is 101 cm³/mol. The smallest absolute Gasteiger partial charge is 0.303 e. The number of rotatable bonds is 10. The van der Waals surface area contributed by atoms with Gasteiger partial charge < -0.3 is 14.8 Å². The summed E-state index contributed by atoms with van der Waals surface area (Å²) in [6.07, 6.45) is 6.67. The second kappa shape index (κ2) is 9.48. The molecule has 1 atom stereocenters. The largest absolute Gasteiger partial charge is 0.481 e. The fraction of sp³-hybridized carbons (Fsp3) is 0.412. The van der Waals surface area contributed by atoms with Crippen LogP contribution >= 0.6 is 35.0 Å². The number of hydrogen-bond donors (Lipinski definition) is 2. The van der Waals surface area contributed by atoms with Crippen LogP contribution in [0.1, 0.15) is 24.8 Å². The van der Waals surface area contributed by atoms with Crippen molar-refractivity contribution in [1.29, 1.82) is 0 Å². The third kappa shape index (κ3) is 6.22. The highest BCUT2D eigenvalue weighted by molar-refractivity contribution is 7.99. The molecule has 136 valence electrons. The minimum atomic E-state index is -1.18. The molecule has 5 nitrogen and oxygen atoms in total. The molecule has 1 unspecified atom stereocenters. The molecule has 1 aromatic heterocycles. The second-order valence-electron chi connectivity index (χ2n) is 5.79. The number of thioether (sulfide) groups is 1. The average molecular weight is 403 g/mol. The summed E-state index contributed by atoms with van der Waals surface area (Å²) in [7, 11) is 0. The van der Waals surface area contributed by atoms with Gasteiger partial charge in [0, 0.05) is 40.2 Å². The molecule has 0 amide bonds. The summed E-state index contributed by atoms with van der Waals surface area (Å²) in [5.41, 5.74) is -0.565. The van der Waals surface area contributed by atoms with Crippen molar-refractivity contribution in [3.63, 3.8) is 0 Å². The van der Waals surface area contributed by atoms with Gasteiger partial charge in [-0.15, -0.1) is 0 Å². The van der Waals surface area contributed by atoms with Gasteiger partial charge in [-0.3, -0.25) is 4.79 Å². The molecule has 8 heteroatoms. The molecule has 1 aromatic carbocycles. The summed E-state index contributed by atoms with van der Waals surface area (Å²) >= 11 is 13.8. The predicted octanol–water partition coefficient (Wildman–Crippen LogP) is 4.07. The van der Waals surface area contributed by atoms with E-state index in [1.54, 1.807) is 53.2 Å². The van der Waals surface area contributed by atoms with Gasteiger partial charge in [-0.25, -0.2) is 4.98 Å². The number of imidazole rings is 1. The molecule has 0 fully saturated rings. The Morgan fingerprint density at radius 2 is 2.12 bits per heavy atom. The fourth-order valence-corrected chi connectivity index (χ4v) is 4.20. The molecule has 0 bridgehead atoms. The van der Waals surface area contributed by atoms with E-state index in [0.717, 1.165) is 12.2 Å². The summed E-state index contributed by atoms with van der Waals surface area (Å²) < 4.78 is 1.80. The summed E-state index contributed by atoms with van der Waals surface area (Å²) in [5, 5.41) is 20.9. The lowest BCUT2D eigenvalue weighted by Crippen LogP contribution is -2.34. The molecule has 0 aliphatic carbocycles. The molecule has 0 radical (unpaired) electrons. The minimum absolute atomic E-state index is 0.170. The Morgan fingerprint density at radius 1 is 1.32 bits per heavy atom. The molecule has 0 aliphatic rings. The number of nitrogens with zero attached hydrogens (tertiary/aromatic N) is 2. The van der Waals surface area contributed by atoms with Gasteiger partial charge in [0.2, 0.25) is 0 Å².